The van der Waals surface area contributed by atoms with Gasteiger partial charge in [0.1, 0.15) is 6.67 Å². The van der Waals surface area contributed by atoms with Gasteiger partial charge in [0.25, 0.3) is 0 Å². The molecule has 0 spiro atoms. The molecule has 0 saturated carbocycles. The zero-order valence-electron chi connectivity index (χ0n) is 12.3. The molecule has 0 saturated heterocycles. The van der Waals surface area contributed by atoms with Crippen LogP contribution in [0, 0.1) is 6.07 Å². The first kappa shape index (κ1) is 13.4. The fourth-order valence-electron chi connectivity index (χ4n) is 2.35. The first-order chi connectivity index (χ1) is 10.2. The zero-order chi connectivity index (χ0) is 14.7. The SMILES string of the molecule is CN(C)c1ccccc1CN1CN(c2c[c]ccc2)N=N1. The van der Waals surface area contributed by atoms with Crippen molar-refractivity contribution in [2.24, 2.45) is 10.4 Å². The fourth-order valence-corrected chi connectivity index (χ4v) is 2.35. The van der Waals surface area contributed by atoms with E-state index in [9.17, 15) is 0 Å². The van der Waals surface area contributed by atoms with Crippen LogP contribution in [0.15, 0.2) is 59.0 Å². The Hall–Kier alpha value is -2.56. The van der Waals surface area contributed by atoms with Gasteiger partial charge in [0.05, 0.1) is 12.2 Å². The van der Waals surface area contributed by atoms with Gasteiger partial charge in [0, 0.05) is 19.8 Å². The molecule has 0 aromatic heterocycles. The number of hydrogen-bond donors (Lipinski definition) is 0. The van der Waals surface area contributed by atoms with Gasteiger partial charge in [-0.25, -0.2) is 5.01 Å². The van der Waals surface area contributed by atoms with Crippen molar-refractivity contribution >= 4 is 11.4 Å². The van der Waals surface area contributed by atoms with Gasteiger partial charge in [-0.2, -0.15) is 0 Å². The Morgan fingerprint density at radius 2 is 2.00 bits per heavy atom. The monoisotopic (exact) mass is 280 g/mol. The second-order valence-corrected chi connectivity index (χ2v) is 5.17. The summed E-state index contributed by atoms with van der Waals surface area (Å²) >= 11 is 0. The minimum Gasteiger partial charge on any atom is -0.377 e. The summed E-state index contributed by atoms with van der Waals surface area (Å²) in [4.78, 5) is 2.12. The van der Waals surface area contributed by atoms with Crippen molar-refractivity contribution in [2.45, 2.75) is 6.54 Å². The van der Waals surface area contributed by atoms with Crippen LogP contribution in [0.4, 0.5) is 11.4 Å². The van der Waals surface area contributed by atoms with Crippen molar-refractivity contribution < 1.29 is 0 Å². The van der Waals surface area contributed by atoms with Crippen molar-refractivity contribution in [3.8, 4) is 0 Å². The minimum atomic E-state index is 0.652. The van der Waals surface area contributed by atoms with Crippen LogP contribution in [0.2, 0.25) is 0 Å². The largest absolute Gasteiger partial charge is 0.377 e. The predicted octanol–water partition coefficient (Wildman–Crippen LogP) is 3.11. The quantitative estimate of drug-likeness (QED) is 0.863. The van der Waals surface area contributed by atoms with Crippen molar-refractivity contribution in [3.05, 3.63) is 60.2 Å². The van der Waals surface area contributed by atoms with Crippen LogP contribution < -0.4 is 9.91 Å². The van der Waals surface area contributed by atoms with E-state index in [1.165, 1.54) is 11.3 Å². The summed E-state index contributed by atoms with van der Waals surface area (Å²) in [5.41, 5.74) is 3.45. The minimum absolute atomic E-state index is 0.652. The van der Waals surface area contributed by atoms with Crippen LogP contribution in [-0.2, 0) is 6.54 Å². The molecule has 0 fully saturated rings. The van der Waals surface area contributed by atoms with Gasteiger partial charge < -0.3 is 4.90 Å². The van der Waals surface area contributed by atoms with E-state index in [-0.39, 0.29) is 0 Å². The molecule has 0 bridgehead atoms. The Labute approximate surface area is 125 Å². The van der Waals surface area contributed by atoms with Gasteiger partial charge in [0.2, 0.25) is 0 Å². The van der Waals surface area contributed by atoms with Crippen LogP contribution in [0.3, 0.4) is 0 Å². The molecular weight excluding hydrogens is 262 g/mol. The number of hydrogen-bond acceptors (Lipinski definition) is 5. The predicted molar refractivity (Wildman–Crippen MR) is 83.8 cm³/mol. The van der Waals surface area contributed by atoms with E-state index in [4.69, 9.17) is 0 Å². The smallest absolute Gasteiger partial charge is 0.132 e. The number of anilines is 2. The zero-order valence-corrected chi connectivity index (χ0v) is 12.3. The third kappa shape index (κ3) is 2.97. The highest BCUT2D eigenvalue weighted by Crippen LogP contribution is 2.24. The highest BCUT2D eigenvalue weighted by Gasteiger charge is 2.18. The lowest BCUT2D eigenvalue weighted by molar-refractivity contribution is 0.308. The van der Waals surface area contributed by atoms with Gasteiger partial charge in [-0.1, -0.05) is 35.6 Å². The Morgan fingerprint density at radius 1 is 1.14 bits per heavy atom. The molecule has 0 amide bonds. The molecule has 1 aliphatic rings. The Kier molecular flexibility index (Phi) is 3.73. The molecule has 2 aromatic carbocycles. The summed E-state index contributed by atoms with van der Waals surface area (Å²) in [5, 5.41) is 12.3. The first-order valence-corrected chi connectivity index (χ1v) is 6.89. The Bertz CT molecular complexity index is 624. The molecule has 3 rings (SSSR count). The van der Waals surface area contributed by atoms with Crippen molar-refractivity contribution in [1.29, 1.82) is 0 Å². The van der Waals surface area contributed by atoms with Crippen LogP contribution >= 0.6 is 0 Å². The standard InChI is InChI=1S/C16H18N5/c1-19(2)16-11-7-6-8-14(16)12-20-13-21(18-17-20)15-9-4-3-5-10-15/h3-4,6-11H,12-13H2,1-2H3. The number of benzene rings is 2. The van der Waals surface area contributed by atoms with E-state index in [2.05, 4.69) is 59.8 Å². The maximum absolute atomic E-state index is 4.24. The van der Waals surface area contributed by atoms with Gasteiger partial charge in [-0.15, -0.1) is 0 Å². The summed E-state index contributed by atoms with van der Waals surface area (Å²) in [7, 11) is 4.10. The average Bonchev–Trinajstić information content (AvgIpc) is 2.97. The highest BCUT2D eigenvalue weighted by molar-refractivity contribution is 5.52. The van der Waals surface area contributed by atoms with E-state index in [1.807, 2.05) is 34.3 Å². The normalized spacial score (nSPS) is 13.8. The van der Waals surface area contributed by atoms with Crippen molar-refractivity contribution in [2.75, 3.05) is 30.7 Å². The molecule has 0 N–H and O–H groups in total. The van der Waals surface area contributed by atoms with Crippen molar-refractivity contribution in [1.82, 2.24) is 5.01 Å². The van der Waals surface area contributed by atoms with Crippen LogP contribution in [0.1, 0.15) is 5.56 Å². The molecular formula is C16H18N5. The first-order valence-electron chi connectivity index (χ1n) is 6.89. The van der Waals surface area contributed by atoms with E-state index >= 15 is 0 Å². The molecule has 0 aliphatic carbocycles. The summed E-state index contributed by atoms with van der Waals surface area (Å²) < 4.78 is 0. The molecule has 0 atom stereocenters. The highest BCUT2D eigenvalue weighted by atomic mass is 15.8. The molecule has 2 aromatic rings. The molecule has 1 heterocycles. The van der Waals surface area contributed by atoms with Crippen molar-refractivity contribution in [3.63, 3.8) is 0 Å². The average molecular weight is 280 g/mol. The summed E-state index contributed by atoms with van der Waals surface area (Å²) in [5.74, 6) is 0. The summed E-state index contributed by atoms with van der Waals surface area (Å²) in [6.07, 6.45) is 0. The van der Waals surface area contributed by atoms with Gasteiger partial charge >= 0.3 is 0 Å². The van der Waals surface area contributed by atoms with E-state index in [0.29, 0.717) is 6.67 Å². The second-order valence-electron chi connectivity index (χ2n) is 5.17. The van der Waals surface area contributed by atoms with Gasteiger partial charge in [-0.3, -0.25) is 5.01 Å². The number of para-hydroxylation sites is 1. The van der Waals surface area contributed by atoms with E-state index < -0.39 is 0 Å². The van der Waals surface area contributed by atoms with E-state index in [1.54, 1.807) is 0 Å². The van der Waals surface area contributed by atoms with Gasteiger partial charge in [0.15, 0.2) is 0 Å². The van der Waals surface area contributed by atoms with E-state index in [0.717, 1.165) is 12.2 Å². The molecule has 5 nitrogen and oxygen atoms in total. The summed E-state index contributed by atoms with van der Waals surface area (Å²) in [6.45, 7) is 1.39. The van der Waals surface area contributed by atoms with Crippen LogP contribution in [0.5, 0.6) is 0 Å². The topological polar surface area (TPSA) is 34.4 Å². The third-order valence-electron chi connectivity index (χ3n) is 3.39. The molecule has 21 heavy (non-hydrogen) atoms. The maximum Gasteiger partial charge on any atom is 0.132 e. The van der Waals surface area contributed by atoms with Crippen LogP contribution in [0.25, 0.3) is 0 Å². The lowest BCUT2D eigenvalue weighted by Crippen LogP contribution is -2.25. The second kappa shape index (κ2) is 5.83. The fraction of sp³-hybridized carbons (Fsp3) is 0.250. The third-order valence-corrected chi connectivity index (χ3v) is 3.39. The maximum atomic E-state index is 4.24. The van der Waals surface area contributed by atoms with Gasteiger partial charge in [-0.05, 0) is 35.1 Å². The lowest BCUT2D eigenvalue weighted by Gasteiger charge is -2.21. The molecule has 0 unspecified atom stereocenters. The summed E-state index contributed by atoms with van der Waals surface area (Å²) in [6, 6.07) is 19.2. The lowest BCUT2D eigenvalue weighted by atomic mass is 10.1. The Balaban J connectivity index is 1.70. The molecule has 1 radical (unpaired) electrons. The van der Waals surface area contributed by atoms with Crippen LogP contribution in [-0.4, -0.2) is 25.8 Å². The number of rotatable bonds is 4. The molecule has 107 valence electrons. The number of nitrogens with zero attached hydrogens (tertiary/aromatic N) is 5. The Morgan fingerprint density at radius 3 is 2.76 bits per heavy atom. The molecule has 5 heteroatoms. The molecule has 1 aliphatic heterocycles.